The van der Waals surface area contributed by atoms with Crippen LogP contribution in [0, 0.1) is 5.92 Å². The average Bonchev–Trinajstić information content (AvgIpc) is 2.77. The summed E-state index contributed by atoms with van der Waals surface area (Å²) in [7, 11) is 2.04. The summed E-state index contributed by atoms with van der Waals surface area (Å²) in [4.78, 5) is 0. The molecule has 1 N–H and O–H groups in total. The molecule has 0 aliphatic heterocycles. The third-order valence-corrected chi connectivity index (χ3v) is 5.78. The Kier molecular flexibility index (Phi) is 6.08. The van der Waals surface area contributed by atoms with Crippen molar-refractivity contribution < 1.29 is 4.74 Å². The minimum absolute atomic E-state index is 0.610. The van der Waals surface area contributed by atoms with Gasteiger partial charge >= 0.3 is 0 Å². The van der Waals surface area contributed by atoms with E-state index in [2.05, 4.69) is 72.0 Å². The van der Waals surface area contributed by atoms with Crippen molar-refractivity contribution in [2.45, 2.75) is 32.3 Å². The second-order valence-electron chi connectivity index (χ2n) is 7.78. The van der Waals surface area contributed by atoms with Crippen LogP contribution in [0.25, 0.3) is 11.1 Å². The summed E-state index contributed by atoms with van der Waals surface area (Å²) in [5.74, 6) is 1.80. The first-order valence-electron chi connectivity index (χ1n) is 10.4. The van der Waals surface area contributed by atoms with Crippen LogP contribution in [0.3, 0.4) is 0 Å². The van der Waals surface area contributed by atoms with Gasteiger partial charge in [-0.25, -0.2) is 0 Å². The molecule has 0 saturated heterocycles. The summed E-state index contributed by atoms with van der Waals surface area (Å²) in [6.07, 6.45) is 4.94. The Morgan fingerprint density at radius 3 is 2.46 bits per heavy atom. The summed E-state index contributed by atoms with van der Waals surface area (Å²) in [6, 6.07) is 25.8. The van der Waals surface area contributed by atoms with Gasteiger partial charge in [0, 0.05) is 0 Å². The molecule has 0 fully saturated rings. The van der Waals surface area contributed by atoms with Crippen LogP contribution in [0.4, 0.5) is 0 Å². The lowest BCUT2D eigenvalue weighted by Crippen LogP contribution is -2.19. The molecule has 3 aromatic carbocycles. The van der Waals surface area contributed by atoms with Gasteiger partial charge in [0.25, 0.3) is 0 Å². The fraction of sp³-hybridized carbons (Fsp3) is 0.308. The minimum Gasteiger partial charge on any atom is -0.489 e. The van der Waals surface area contributed by atoms with Crippen LogP contribution in [-0.2, 0) is 19.4 Å². The first-order valence-corrected chi connectivity index (χ1v) is 10.4. The zero-order valence-electron chi connectivity index (χ0n) is 16.7. The summed E-state index contributed by atoms with van der Waals surface area (Å²) >= 11 is 0. The van der Waals surface area contributed by atoms with Crippen LogP contribution in [0.5, 0.6) is 5.75 Å². The molecule has 28 heavy (non-hydrogen) atoms. The number of nitrogens with one attached hydrogen (secondary N) is 1. The van der Waals surface area contributed by atoms with Crippen molar-refractivity contribution in [2.75, 3.05) is 13.6 Å². The molecule has 0 radical (unpaired) electrons. The fourth-order valence-electron chi connectivity index (χ4n) is 4.08. The second-order valence-corrected chi connectivity index (χ2v) is 7.78. The van der Waals surface area contributed by atoms with E-state index in [1.54, 1.807) is 0 Å². The van der Waals surface area contributed by atoms with E-state index >= 15 is 0 Å². The predicted molar refractivity (Wildman–Crippen MR) is 117 cm³/mol. The highest BCUT2D eigenvalue weighted by Crippen LogP contribution is 2.30. The molecular weight excluding hydrogens is 342 g/mol. The summed E-state index contributed by atoms with van der Waals surface area (Å²) in [5, 5.41) is 3.27. The van der Waals surface area contributed by atoms with Gasteiger partial charge < -0.3 is 10.1 Å². The molecule has 4 rings (SSSR count). The number of fused-ring (bicyclic) bond motifs is 1. The highest BCUT2D eigenvalue weighted by Gasteiger charge is 2.18. The number of hydrogen-bond donors (Lipinski definition) is 1. The van der Waals surface area contributed by atoms with E-state index in [0.717, 1.165) is 18.2 Å². The lowest BCUT2D eigenvalue weighted by molar-refractivity contribution is 0.305. The standard InChI is InChI=1S/C26H29NO/c1-27-16-15-20-7-12-25-18-26(14-13-24(25)17-20)28-19-21-8-10-23(11-9-21)22-5-3-2-4-6-22/h2-6,8-11,13-14,18,20,27H,7,12,15-17,19H2,1H3. The molecule has 1 unspecified atom stereocenters. The van der Waals surface area contributed by atoms with Crippen molar-refractivity contribution in [1.29, 1.82) is 0 Å². The normalized spacial score (nSPS) is 15.8. The Morgan fingerprint density at radius 2 is 1.68 bits per heavy atom. The van der Waals surface area contributed by atoms with Crippen LogP contribution in [0.1, 0.15) is 29.5 Å². The van der Waals surface area contributed by atoms with Crippen molar-refractivity contribution in [1.82, 2.24) is 5.32 Å². The van der Waals surface area contributed by atoms with Crippen LogP contribution < -0.4 is 10.1 Å². The smallest absolute Gasteiger partial charge is 0.120 e. The fourth-order valence-corrected chi connectivity index (χ4v) is 4.08. The molecule has 0 spiro atoms. The molecule has 0 amide bonds. The topological polar surface area (TPSA) is 21.3 Å². The van der Waals surface area contributed by atoms with Gasteiger partial charge in [0.2, 0.25) is 0 Å². The third-order valence-electron chi connectivity index (χ3n) is 5.78. The second kappa shape index (κ2) is 9.07. The van der Waals surface area contributed by atoms with Crippen LogP contribution in [0.15, 0.2) is 72.8 Å². The molecule has 1 atom stereocenters. The van der Waals surface area contributed by atoms with E-state index in [1.807, 2.05) is 13.1 Å². The van der Waals surface area contributed by atoms with E-state index < -0.39 is 0 Å². The number of rotatable bonds is 7. The third kappa shape index (κ3) is 4.63. The SMILES string of the molecule is CNCCC1CCc2cc(OCc3ccc(-c4ccccc4)cc3)ccc2C1. The van der Waals surface area contributed by atoms with Gasteiger partial charge in [-0.05, 0) is 85.1 Å². The molecule has 0 heterocycles. The molecule has 144 valence electrons. The van der Waals surface area contributed by atoms with Gasteiger partial charge in [-0.3, -0.25) is 0 Å². The van der Waals surface area contributed by atoms with Gasteiger partial charge in [0.05, 0.1) is 0 Å². The van der Waals surface area contributed by atoms with Crippen molar-refractivity contribution in [2.24, 2.45) is 5.92 Å². The van der Waals surface area contributed by atoms with Gasteiger partial charge in [0.15, 0.2) is 0 Å². The first kappa shape index (κ1) is 18.8. The van der Waals surface area contributed by atoms with E-state index in [0.29, 0.717) is 6.61 Å². The maximum atomic E-state index is 6.09. The lowest BCUT2D eigenvalue weighted by Gasteiger charge is -2.25. The van der Waals surface area contributed by atoms with E-state index in [-0.39, 0.29) is 0 Å². The van der Waals surface area contributed by atoms with Gasteiger partial charge in [0.1, 0.15) is 12.4 Å². The molecule has 0 bridgehead atoms. The number of hydrogen-bond acceptors (Lipinski definition) is 2. The highest BCUT2D eigenvalue weighted by atomic mass is 16.5. The Labute approximate surface area is 168 Å². The van der Waals surface area contributed by atoms with Crippen LogP contribution in [-0.4, -0.2) is 13.6 Å². The predicted octanol–water partition coefficient (Wildman–Crippen LogP) is 5.65. The molecule has 2 heteroatoms. The van der Waals surface area contributed by atoms with Gasteiger partial charge in [-0.2, -0.15) is 0 Å². The highest BCUT2D eigenvalue weighted by molar-refractivity contribution is 5.63. The molecular formula is C26H29NO. The molecule has 1 aliphatic rings. The lowest BCUT2D eigenvalue weighted by atomic mass is 9.82. The van der Waals surface area contributed by atoms with E-state index in [4.69, 9.17) is 4.74 Å². The molecule has 2 nitrogen and oxygen atoms in total. The summed E-state index contributed by atoms with van der Waals surface area (Å²) in [6.45, 7) is 1.73. The van der Waals surface area contributed by atoms with Crippen molar-refractivity contribution in [3.63, 3.8) is 0 Å². The van der Waals surface area contributed by atoms with Crippen LogP contribution >= 0.6 is 0 Å². The largest absolute Gasteiger partial charge is 0.489 e. The molecule has 0 aromatic heterocycles. The number of benzene rings is 3. The van der Waals surface area contributed by atoms with Crippen molar-refractivity contribution in [3.05, 3.63) is 89.5 Å². The Morgan fingerprint density at radius 1 is 0.893 bits per heavy atom. The summed E-state index contributed by atoms with van der Waals surface area (Å²) < 4.78 is 6.09. The van der Waals surface area contributed by atoms with Crippen molar-refractivity contribution in [3.8, 4) is 16.9 Å². The Balaban J connectivity index is 1.35. The van der Waals surface area contributed by atoms with Crippen LogP contribution in [0.2, 0.25) is 0 Å². The molecule has 3 aromatic rings. The number of aryl methyl sites for hydroxylation is 1. The Bertz CT molecular complexity index is 886. The Hall–Kier alpha value is -2.58. The zero-order chi connectivity index (χ0) is 19.2. The van der Waals surface area contributed by atoms with E-state index in [9.17, 15) is 0 Å². The first-order chi connectivity index (χ1) is 13.8. The van der Waals surface area contributed by atoms with Gasteiger partial charge in [-0.15, -0.1) is 0 Å². The van der Waals surface area contributed by atoms with Crippen molar-refractivity contribution >= 4 is 0 Å². The van der Waals surface area contributed by atoms with Gasteiger partial charge in [-0.1, -0.05) is 60.7 Å². The maximum Gasteiger partial charge on any atom is 0.120 e. The molecule has 1 aliphatic carbocycles. The quantitative estimate of drug-likeness (QED) is 0.580. The van der Waals surface area contributed by atoms with E-state index in [1.165, 1.54) is 53.5 Å². The minimum atomic E-state index is 0.610. The monoisotopic (exact) mass is 371 g/mol. The summed E-state index contributed by atoms with van der Waals surface area (Å²) in [5.41, 5.74) is 6.66. The number of ether oxygens (including phenoxy) is 1. The average molecular weight is 372 g/mol. The molecule has 0 saturated carbocycles. The zero-order valence-corrected chi connectivity index (χ0v) is 16.7. The maximum absolute atomic E-state index is 6.09.